The summed E-state index contributed by atoms with van der Waals surface area (Å²) in [4.78, 5) is 20.7. The van der Waals surface area contributed by atoms with E-state index >= 15 is 0 Å². The van der Waals surface area contributed by atoms with Crippen molar-refractivity contribution in [2.24, 2.45) is 10.7 Å². The number of alkyl halides is 2. The Morgan fingerprint density at radius 1 is 1.33 bits per heavy atom. The maximum absolute atomic E-state index is 14.6. The van der Waals surface area contributed by atoms with Gasteiger partial charge in [-0.1, -0.05) is 11.6 Å². The fraction of sp³-hybridized carbons (Fsp3) is 0.350. The summed E-state index contributed by atoms with van der Waals surface area (Å²) in [7, 11) is 0. The van der Waals surface area contributed by atoms with Crippen molar-refractivity contribution >= 4 is 29.0 Å². The average Bonchev–Trinajstić information content (AvgIpc) is 2.70. The maximum atomic E-state index is 14.6. The van der Waals surface area contributed by atoms with Gasteiger partial charge < -0.3 is 15.8 Å². The van der Waals surface area contributed by atoms with Crippen molar-refractivity contribution in [3.8, 4) is 0 Å². The van der Waals surface area contributed by atoms with Crippen LogP contribution in [0.5, 0.6) is 0 Å². The highest BCUT2D eigenvalue weighted by molar-refractivity contribution is 6.30. The van der Waals surface area contributed by atoms with E-state index in [2.05, 4.69) is 15.3 Å². The molecule has 0 saturated carbocycles. The van der Waals surface area contributed by atoms with Gasteiger partial charge in [0.15, 0.2) is 5.60 Å². The number of amidine groups is 1. The third kappa shape index (κ3) is 3.99. The minimum atomic E-state index is -1.96. The van der Waals surface area contributed by atoms with Crippen LogP contribution < -0.4 is 11.1 Å². The number of nitrogens with zero attached hydrogens (tertiary/aromatic N) is 2. The predicted molar refractivity (Wildman–Crippen MR) is 108 cm³/mol. The van der Waals surface area contributed by atoms with Crippen molar-refractivity contribution in [2.75, 3.05) is 25.3 Å². The van der Waals surface area contributed by atoms with Gasteiger partial charge in [0.1, 0.15) is 36.2 Å². The monoisotopic (exact) mass is 440 g/mol. The number of hydrogen-bond donors (Lipinski definition) is 2. The molecular formula is C20H20ClF3N4O2. The van der Waals surface area contributed by atoms with E-state index in [1.54, 1.807) is 13.0 Å². The molecule has 1 atom stereocenters. The molecule has 1 aliphatic rings. The third-order valence-electron chi connectivity index (χ3n) is 4.96. The van der Waals surface area contributed by atoms with Crippen molar-refractivity contribution < 1.29 is 22.7 Å². The van der Waals surface area contributed by atoms with Crippen LogP contribution in [-0.4, -0.2) is 42.3 Å². The van der Waals surface area contributed by atoms with Gasteiger partial charge in [-0.2, -0.15) is 0 Å². The molecule has 6 nitrogen and oxygen atoms in total. The Labute approximate surface area is 176 Å². The molecule has 0 radical (unpaired) electrons. The van der Waals surface area contributed by atoms with E-state index in [1.165, 1.54) is 25.3 Å². The van der Waals surface area contributed by atoms with Crippen molar-refractivity contribution in [1.29, 1.82) is 0 Å². The molecule has 0 saturated heterocycles. The van der Waals surface area contributed by atoms with Crippen molar-refractivity contribution in [3.63, 3.8) is 0 Å². The number of amides is 1. The molecular weight excluding hydrogens is 421 g/mol. The SMILES string of the molecule is Cc1cc(Cl)cnc1C(=O)Nc1ccc(F)c(C2(C)COC(CF)(CF)C(N)=N2)c1. The number of carbonyl (C=O) groups excluding carboxylic acids is 1. The molecule has 3 rings (SSSR count). The Kier molecular flexibility index (Phi) is 6.05. The summed E-state index contributed by atoms with van der Waals surface area (Å²) >= 11 is 5.86. The lowest BCUT2D eigenvalue weighted by atomic mass is 9.89. The summed E-state index contributed by atoms with van der Waals surface area (Å²) in [5.41, 5.74) is 3.52. The second-order valence-electron chi connectivity index (χ2n) is 7.29. The second-order valence-corrected chi connectivity index (χ2v) is 7.73. The van der Waals surface area contributed by atoms with Gasteiger partial charge in [-0.25, -0.2) is 18.2 Å². The van der Waals surface area contributed by atoms with Crippen LogP contribution in [0.4, 0.5) is 18.9 Å². The van der Waals surface area contributed by atoms with Crippen LogP contribution in [0, 0.1) is 12.7 Å². The van der Waals surface area contributed by atoms with Crippen LogP contribution in [-0.2, 0) is 10.3 Å². The molecule has 30 heavy (non-hydrogen) atoms. The predicted octanol–water partition coefficient (Wildman–Crippen LogP) is 3.72. The van der Waals surface area contributed by atoms with Crippen LogP contribution in [0.1, 0.15) is 28.5 Å². The van der Waals surface area contributed by atoms with E-state index in [4.69, 9.17) is 22.1 Å². The number of ether oxygens (including phenoxy) is 1. The van der Waals surface area contributed by atoms with Gasteiger partial charge >= 0.3 is 0 Å². The molecule has 1 amide bonds. The van der Waals surface area contributed by atoms with Gasteiger partial charge in [-0.05, 0) is 43.7 Å². The summed E-state index contributed by atoms with van der Waals surface area (Å²) in [6.07, 6.45) is 1.35. The Morgan fingerprint density at radius 2 is 2.03 bits per heavy atom. The quantitative estimate of drug-likeness (QED) is 0.741. The first-order chi connectivity index (χ1) is 14.1. The van der Waals surface area contributed by atoms with Crippen molar-refractivity contribution in [3.05, 3.63) is 58.1 Å². The van der Waals surface area contributed by atoms with Crippen LogP contribution in [0.2, 0.25) is 5.02 Å². The number of aromatic nitrogens is 1. The number of anilines is 1. The third-order valence-corrected chi connectivity index (χ3v) is 5.17. The summed E-state index contributed by atoms with van der Waals surface area (Å²) in [6.45, 7) is 0.522. The number of benzene rings is 1. The minimum absolute atomic E-state index is 0.0513. The molecule has 160 valence electrons. The van der Waals surface area contributed by atoms with Gasteiger partial charge in [0.25, 0.3) is 5.91 Å². The lowest BCUT2D eigenvalue weighted by molar-refractivity contribution is -0.0575. The lowest BCUT2D eigenvalue weighted by Gasteiger charge is -2.39. The number of nitrogens with one attached hydrogen (secondary N) is 1. The zero-order valence-electron chi connectivity index (χ0n) is 16.3. The Bertz CT molecular complexity index is 1010. The minimum Gasteiger partial charge on any atom is -0.385 e. The highest BCUT2D eigenvalue weighted by Gasteiger charge is 2.45. The number of nitrogens with two attached hydrogens (primary N) is 1. The zero-order chi connectivity index (χ0) is 22.1. The van der Waals surface area contributed by atoms with Gasteiger partial charge in [0.05, 0.1) is 11.6 Å². The molecule has 2 aromatic rings. The van der Waals surface area contributed by atoms with E-state index in [1.807, 2.05) is 0 Å². The largest absolute Gasteiger partial charge is 0.385 e. The number of aryl methyl sites for hydroxylation is 1. The second kappa shape index (κ2) is 8.23. The van der Waals surface area contributed by atoms with Crippen LogP contribution in [0.25, 0.3) is 0 Å². The van der Waals surface area contributed by atoms with Crippen LogP contribution in [0.15, 0.2) is 35.5 Å². The first-order valence-electron chi connectivity index (χ1n) is 8.99. The lowest BCUT2D eigenvalue weighted by Crippen LogP contribution is -2.56. The topological polar surface area (TPSA) is 89.6 Å². The molecule has 2 heterocycles. The van der Waals surface area contributed by atoms with E-state index in [0.717, 1.165) is 6.07 Å². The molecule has 1 aliphatic heterocycles. The van der Waals surface area contributed by atoms with Gasteiger partial charge in [0.2, 0.25) is 0 Å². The number of pyridine rings is 1. The van der Waals surface area contributed by atoms with Gasteiger partial charge in [0, 0.05) is 17.4 Å². The Hall–Kier alpha value is -2.65. The Morgan fingerprint density at radius 3 is 2.63 bits per heavy atom. The highest BCUT2D eigenvalue weighted by atomic mass is 35.5. The summed E-state index contributed by atoms with van der Waals surface area (Å²) in [5.74, 6) is -1.54. The summed E-state index contributed by atoms with van der Waals surface area (Å²) < 4.78 is 46.5. The first kappa shape index (κ1) is 22.0. The molecule has 0 spiro atoms. The maximum Gasteiger partial charge on any atom is 0.274 e. The molecule has 0 aliphatic carbocycles. The molecule has 3 N–H and O–H groups in total. The highest BCUT2D eigenvalue weighted by Crippen LogP contribution is 2.36. The molecule has 0 bridgehead atoms. The molecule has 1 unspecified atom stereocenters. The molecule has 0 fully saturated rings. The van der Waals surface area contributed by atoms with E-state index in [-0.39, 0.29) is 23.6 Å². The summed E-state index contributed by atoms with van der Waals surface area (Å²) in [5, 5.41) is 3.04. The molecule has 1 aromatic heterocycles. The van der Waals surface area contributed by atoms with Crippen molar-refractivity contribution in [2.45, 2.75) is 25.0 Å². The smallest absolute Gasteiger partial charge is 0.274 e. The number of rotatable bonds is 5. The summed E-state index contributed by atoms with van der Waals surface area (Å²) in [6, 6.07) is 5.49. The van der Waals surface area contributed by atoms with Gasteiger partial charge in [-0.15, -0.1) is 0 Å². The van der Waals surface area contributed by atoms with Crippen LogP contribution >= 0.6 is 11.6 Å². The average molecular weight is 441 g/mol. The van der Waals surface area contributed by atoms with Gasteiger partial charge in [-0.3, -0.25) is 9.79 Å². The fourth-order valence-corrected chi connectivity index (χ4v) is 3.34. The zero-order valence-corrected chi connectivity index (χ0v) is 17.1. The molecule has 10 heteroatoms. The fourth-order valence-electron chi connectivity index (χ4n) is 3.12. The van der Waals surface area contributed by atoms with Crippen LogP contribution in [0.3, 0.4) is 0 Å². The van der Waals surface area contributed by atoms with Crippen molar-refractivity contribution in [1.82, 2.24) is 4.98 Å². The number of carbonyl (C=O) groups is 1. The number of hydrogen-bond acceptors (Lipinski definition) is 5. The first-order valence-corrected chi connectivity index (χ1v) is 9.37. The standard InChI is InChI=1S/C20H20ClF3N4O2/c1-11-5-12(21)7-26-16(11)17(29)27-13-3-4-15(24)14(6-13)19(2)10-30-20(8-22,9-23)18(25)28-19/h3-7H,8-10H2,1-2H3,(H2,25,28)(H,27,29). The van der Waals surface area contributed by atoms with E-state index in [0.29, 0.717) is 10.6 Å². The Balaban J connectivity index is 1.92. The number of halogens is 4. The number of aliphatic imine (C=N–C) groups is 1. The molecule has 1 aromatic carbocycles. The normalized spacial score (nSPS) is 20.5. The van der Waals surface area contributed by atoms with E-state index < -0.39 is 42.0 Å². The van der Waals surface area contributed by atoms with E-state index in [9.17, 15) is 18.0 Å².